The summed E-state index contributed by atoms with van der Waals surface area (Å²) in [5.74, 6) is 0. The zero-order valence-corrected chi connectivity index (χ0v) is 14.1. The van der Waals surface area contributed by atoms with Crippen LogP contribution in [0.4, 0.5) is 0 Å². The van der Waals surface area contributed by atoms with Gasteiger partial charge in [0.2, 0.25) is 0 Å². The normalized spacial score (nSPS) is 12.3. The highest BCUT2D eigenvalue weighted by atomic mass is 79.9. The van der Waals surface area contributed by atoms with E-state index in [9.17, 15) is 0 Å². The van der Waals surface area contributed by atoms with E-state index in [4.69, 9.17) is 11.6 Å². The molecular weight excluding hydrogens is 332 g/mol. The Bertz CT molecular complexity index is 533. The minimum Gasteiger partial charge on any atom is -0.0843 e. The Hall–Kier alpha value is -0.790. The van der Waals surface area contributed by atoms with E-state index in [1.165, 1.54) is 36.0 Å². The molecule has 2 heteroatoms. The number of alkyl halides is 1. The Kier molecular flexibility index (Phi) is 6.12. The fraction of sp³-hybridized carbons (Fsp3) is 0.333. The highest BCUT2D eigenvalue weighted by molar-refractivity contribution is 9.09. The van der Waals surface area contributed by atoms with Gasteiger partial charge in [-0.1, -0.05) is 77.3 Å². The molecule has 0 aliphatic rings. The molecule has 0 heterocycles. The maximum Gasteiger partial charge on any atom is 0.0435 e. The van der Waals surface area contributed by atoms with E-state index in [0.717, 1.165) is 11.4 Å². The Balaban J connectivity index is 2.00. The largest absolute Gasteiger partial charge is 0.0843 e. The van der Waals surface area contributed by atoms with Gasteiger partial charge in [0.25, 0.3) is 0 Å². The van der Waals surface area contributed by atoms with Gasteiger partial charge in [-0.15, -0.1) is 0 Å². The molecule has 2 aromatic rings. The van der Waals surface area contributed by atoms with E-state index in [0.29, 0.717) is 4.83 Å². The molecular formula is C18H20BrCl. The van der Waals surface area contributed by atoms with Crippen molar-refractivity contribution in [3.63, 3.8) is 0 Å². The van der Waals surface area contributed by atoms with Crippen molar-refractivity contribution in [1.29, 1.82) is 0 Å². The number of unbranched alkanes of at least 4 members (excludes halogenated alkanes) is 1. The molecule has 0 bridgehead atoms. The second-order valence-corrected chi connectivity index (χ2v) is 6.69. The van der Waals surface area contributed by atoms with Gasteiger partial charge >= 0.3 is 0 Å². The summed E-state index contributed by atoms with van der Waals surface area (Å²) in [7, 11) is 0. The van der Waals surface area contributed by atoms with Gasteiger partial charge in [0.15, 0.2) is 0 Å². The molecule has 0 N–H and O–H groups in total. The first-order valence-electron chi connectivity index (χ1n) is 7.16. The smallest absolute Gasteiger partial charge is 0.0435 e. The Labute approximate surface area is 135 Å². The van der Waals surface area contributed by atoms with Gasteiger partial charge in [-0.3, -0.25) is 0 Å². The van der Waals surface area contributed by atoms with Crippen molar-refractivity contribution in [2.24, 2.45) is 0 Å². The minimum absolute atomic E-state index is 0.334. The summed E-state index contributed by atoms with van der Waals surface area (Å²) in [6.45, 7) is 2.23. The molecule has 1 unspecified atom stereocenters. The minimum atomic E-state index is 0.334. The monoisotopic (exact) mass is 350 g/mol. The van der Waals surface area contributed by atoms with Crippen LogP contribution in [0.1, 0.15) is 41.3 Å². The summed E-state index contributed by atoms with van der Waals surface area (Å²) in [6, 6.07) is 17.0. The SMILES string of the molecule is CCCCc1ccc(C(Br)Cc2cccc(Cl)c2)cc1. The summed E-state index contributed by atoms with van der Waals surface area (Å²) in [5, 5.41) is 0.803. The highest BCUT2D eigenvalue weighted by Crippen LogP contribution is 2.28. The maximum atomic E-state index is 6.03. The Morgan fingerprint density at radius 2 is 1.80 bits per heavy atom. The molecule has 0 saturated heterocycles. The molecule has 0 amide bonds. The molecule has 0 radical (unpaired) electrons. The van der Waals surface area contributed by atoms with Crippen molar-refractivity contribution in [3.8, 4) is 0 Å². The Morgan fingerprint density at radius 3 is 2.45 bits per heavy atom. The average Bonchev–Trinajstić information content (AvgIpc) is 2.45. The lowest BCUT2D eigenvalue weighted by molar-refractivity contribution is 0.794. The fourth-order valence-corrected chi connectivity index (χ4v) is 3.15. The van der Waals surface area contributed by atoms with Crippen LogP contribution in [0, 0.1) is 0 Å². The van der Waals surface area contributed by atoms with Crippen LogP contribution >= 0.6 is 27.5 Å². The zero-order chi connectivity index (χ0) is 14.4. The predicted molar refractivity (Wildman–Crippen MR) is 91.9 cm³/mol. The first-order chi connectivity index (χ1) is 9.69. The second-order valence-electron chi connectivity index (χ2n) is 5.15. The first kappa shape index (κ1) is 15.6. The number of hydrogen-bond donors (Lipinski definition) is 0. The molecule has 2 rings (SSSR count). The lowest BCUT2D eigenvalue weighted by Gasteiger charge is -2.11. The molecule has 1 atom stereocenters. The third-order valence-electron chi connectivity index (χ3n) is 3.46. The van der Waals surface area contributed by atoms with Gasteiger partial charge in [0.05, 0.1) is 0 Å². The van der Waals surface area contributed by atoms with E-state index in [1.54, 1.807) is 0 Å². The lowest BCUT2D eigenvalue weighted by atomic mass is 10.0. The number of halogens is 2. The standard InChI is InChI=1S/C18H20BrCl/c1-2-3-5-14-8-10-16(11-9-14)18(19)13-15-6-4-7-17(20)12-15/h4,6-12,18H,2-3,5,13H2,1H3. The quantitative estimate of drug-likeness (QED) is 0.531. The van der Waals surface area contributed by atoms with Crippen LogP contribution in [-0.4, -0.2) is 0 Å². The lowest BCUT2D eigenvalue weighted by Crippen LogP contribution is -1.96. The van der Waals surface area contributed by atoms with Crippen molar-refractivity contribution < 1.29 is 0 Å². The van der Waals surface area contributed by atoms with Crippen LogP contribution in [0.3, 0.4) is 0 Å². The van der Waals surface area contributed by atoms with E-state index >= 15 is 0 Å². The fourth-order valence-electron chi connectivity index (χ4n) is 2.26. The van der Waals surface area contributed by atoms with Crippen LogP contribution in [-0.2, 0) is 12.8 Å². The van der Waals surface area contributed by atoms with Gasteiger partial charge in [-0.25, -0.2) is 0 Å². The summed E-state index contributed by atoms with van der Waals surface area (Å²) in [5.41, 5.74) is 4.01. The van der Waals surface area contributed by atoms with Gasteiger partial charge in [0, 0.05) is 9.85 Å². The van der Waals surface area contributed by atoms with E-state index in [-0.39, 0.29) is 0 Å². The number of benzene rings is 2. The average molecular weight is 352 g/mol. The molecule has 0 aromatic heterocycles. The third kappa shape index (κ3) is 4.64. The summed E-state index contributed by atoms with van der Waals surface area (Å²) in [4.78, 5) is 0.334. The molecule has 2 aromatic carbocycles. The van der Waals surface area contributed by atoms with Crippen LogP contribution in [0.25, 0.3) is 0 Å². The predicted octanol–water partition coefficient (Wildman–Crippen LogP) is 6.36. The van der Waals surface area contributed by atoms with Crippen molar-refractivity contribution in [2.45, 2.75) is 37.4 Å². The number of aryl methyl sites for hydroxylation is 1. The van der Waals surface area contributed by atoms with Crippen molar-refractivity contribution in [1.82, 2.24) is 0 Å². The Morgan fingerprint density at radius 1 is 1.05 bits per heavy atom. The highest BCUT2D eigenvalue weighted by Gasteiger charge is 2.08. The number of rotatable bonds is 6. The topological polar surface area (TPSA) is 0 Å². The molecule has 106 valence electrons. The maximum absolute atomic E-state index is 6.03. The molecule has 0 aliphatic heterocycles. The van der Waals surface area contributed by atoms with Gasteiger partial charge in [0.1, 0.15) is 0 Å². The molecule has 0 spiro atoms. The van der Waals surface area contributed by atoms with Crippen molar-refractivity contribution in [2.75, 3.05) is 0 Å². The van der Waals surface area contributed by atoms with E-state index < -0.39 is 0 Å². The van der Waals surface area contributed by atoms with E-state index in [1.807, 2.05) is 18.2 Å². The summed E-state index contributed by atoms with van der Waals surface area (Å²) >= 11 is 9.81. The summed E-state index contributed by atoms with van der Waals surface area (Å²) in [6.07, 6.45) is 4.64. The van der Waals surface area contributed by atoms with Crippen LogP contribution in [0.2, 0.25) is 5.02 Å². The number of hydrogen-bond acceptors (Lipinski definition) is 0. The van der Waals surface area contributed by atoms with Crippen molar-refractivity contribution >= 4 is 27.5 Å². The van der Waals surface area contributed by atoms with Crippen molar-refractivity contribution in [3.05, 3.63) is 70.2 Å². The van der Waals surface area contributed by atoms with Gasteiger partial charge in [-0.05, 0) is 48.1 Å². The van der Waals surface area contributed by atoms with Crippen LogP contribution in [0.5, 0.6) is 0 Å². The summed E-state index contributed by atoms with van der Waals surface area (Å²) < 4.78 is 0. The molecule has 0 saturated carbocycles. The van der Waals surface area contributed by atoms with Crippen LogP contribution < -0.4 is 0 Å². The van der Waals surface area contributed by atoms with E-state index in [2.05, 4.69) is 53.2 Å². The molecule has 0 fully saturated rings. The zero-order valence-electron chi connectivity index (χ0n) is 11.8. The van der Waals surface area contributed by atoms with Gasteiger partial charge < -0.3 is 0 Å². The molecule has 0 aliphatic carbocycles. The van der Waals surface area contributed by atoms with Gasteiger partial charge in [-0.2, -0.15) is 0 Å². The third-order valence-corrected chi connectivity index (χ3v) is 4.55. The second kappa shape index (κ2) is 7.85. The van der Waals surface area contributed by atoms with Crippen LogP contribution in [0.15, 0.2) is 48.5 Å². The molecule has 0 nitrogen and oxygen atoms in total. The first-order valence-corrected chi connectivity index (χ1v) is 8.45. The molecule has 20 heavy (non-hydrogen) atoms.